The first-order valence-corrected chi connectivity index (χ1v) is 11.1. The lowest BCUT2D eigenvalue weighted by molar-refractivity contribution is 0.0150. The normalized spacial score (nSPS) is 25.3. The fourth-order valence-electron chi connectivity index (χ4n) is 3.24. The van der Waals surface area contributed by atoms with Crippen LogP contribution in [0.3, 0.4) is 0 Å². The summed E-state index contributed by atoms with van der Waals surface area (Å²) in [5.74, 6) is 0.395. The van der Waals surface area contributed by atoms with Crippen molar-refractivity contribution >= 4 is 21.6 Å². The molecule has 2 rings (SSSR count). The monoisotopic (exact) mass is 413 g/mol. The maximum Gasteiger partial charge on any atom is 0.257 e. The van der Waals surface area contributed by atoms with E-state index in [-0.39, 0.29) is 24.0 Å². The van der Waals surface area contributed by atoms with Crippen molar-refractivity contribution in [1.29, 1.82) is 0 Å². The summed E-state index contributed by atoms with van der Waals surface area (Å²) < 4.78 is 37.1. The van der Waals surface area contributed by atoms with Gasteiger partial charge in [0.1, 0.15) is 12.4 Å². The van der Waals surface area contributed by atoms with Crippen molar-refractivity contribution in [3.05, 3.63) is 23.8 Å². The Bertz CT molecular complexity index is 799. The number of nitrogens with one attached hydrogen (secondary N) is 1. The maximum absolute atomic E-state index is 13.1. The number of sulfonamides is 1. The van der Waals surface area contributed by atoms with Gasteiger partial charge in [-0.2, -0.15) is 0 Å². The molecule has 28 heavy (non-hydrogen) atoms. The molecule has 0 unspecified atom stereocenters. The molecular weight excluding hydrogens is 382 g/mol. The Hall–Kier alpha value is -1.84. The molecule has 0 radical (unpaired) electrons. The Morgan fingerprint density at radius 2 is 1.89 bits per heavy atom. The van der Waals surface area contributed by atoms with Crippen molar-refractivity contribution in [3.8, 4) is 5.75 Å². The molecule has 0 aromatic heterocycles. The predicted molar refractivity (Wildman–Crippen MR) is 109 cm³/mol. The van der Waals surface area contributed by atoms with E-state index in [1.807, 2.05) is 7.05 Å². The average Bonchev–Trinajstić information content (AvgIpc) is 2.61. The van der Waals surface area contributed by atoms with Crippen LogP contribution in [0.5, 0.6) is 5.75 Å². The minimum atomic E-state index is -3.45. The summed E-state index contributed by atoms with van der Waals surface area (Å²) in [7, 11) is 1.95. The molecule has 1 aromatic rings. The van der Waals surface area contributed by atoms with Gasteiger partial charge in [-0.25, -0.2) is 8.42 Å². The van der Waals surface area contributed by atoms with Crippen molar-refractivity contribution in [1.82, 2.24) is 9.80 Å². The highest BCUT2D eigenvalue weighted by Crippen LogP contribution is 2.26. The molecule has 158 valence electrons. The number of fused-ring (bicyclic) bond motifs is 1. The Morgan fingerprint density at radius 3 is 2.50 bits per heavy atom. The first-order valence-electron chi connectivity index (χ1n) is 9.25. The Kier molecular flexibility index (Phi) is 7.30. The molecule has 1 N–H and O–H groups in total. The first kappa shape index (κ1) is 22.4. The van der Waals surface area contributed by atoms with E-state index in [2.05, 4.69) is 23.5 Å². The Balaban J connectivity index is 2.43. The molecular formula is C19H31N3O5S. The molecule has 8 nitrogen and oxygen atoms in total. The van der Waals surface area contributed by atoms with Crippen LogP contribution in [0.4, 0.5) is 5.69 Å². The molecule has 0 spiro atoms. The highest BCUT2D eigenvalue weighted by molar-refractivity contribution is 7.92. The zero-order valence-electron chi connectivity index (χ0n) is 17.4. The van der Waals surface area contributed by atoms with Crippen LogP contribution in [-0.2, 0) is 14.8 Å². The van der Waals surface area contributed by atoms with E-state index in [9.17, 15) is 13.2 Å². The fourth-order valence-corrected chi connectivity index (χ4v) is 3.79. The quantitative estimate of drug-likeness (QED) is 0.808. The van der Waals surface area contributed by atoms with E-state index >= 15 is 0 Å². The average molecular weight is 414 g/mol. The lowest BCUT2D eigenvalue weighted by atomic mass is 10.0. The van der Waals surface area contributed by atoms with Crippen LogP contribution in [0.1, 0.15) is 24.2 Å². The van der Waals surface area contributed by atoms with E-state index in [4.69, 9.17) is 9.47 Å². The third-order valence-electron chi connectivity index (χ3n) is 5.06. The molecule has 1 aromatic carbocycles. The van der Waals surface area contributed by atoms with Gasteiger partial charge in [-0.15, -0.1) is 0 Å². The third kappa shape index (κ3) is 5.83. The van der Waals surface area contributed by atoms with Gasteiger partial charge in [-0.3, -0.25) is 14.4 Å². The summed E-state index contributed by atoms with van der Waals surface area (Å²) in [6.07, 6.45) is 0.948. The summed E-state index contributed by atoms with van der Waals surface area (Å²) in [4.78, 5) is 16.9. The highest BCUT2D eigenvalue weighted by Gasteiger charge is 2.27. The standard InChI is InChI=1S/C19H31N3O5S/c1-13-10-21(3)14(2)12-27-17-8-7-15(20-28(6,24)25)9-16(17)19(23)22(4)11-18(13)26-5/h7-9,13-14,18,20H,10-12H2,1-6H3/t13-,14-,18+/m0/s1. The van der Waals surface area contributed by atoms with Gasteiger partial charge in [0.2, 0.25) is 10.0 Å². The number of ether oxygens (including phenoxy) is 2. The Morgan fingerprint density at radius 1 is 1.21 bits per heavy atom. The number of hydrogen-bond donors (Lipinski definition) is 1. The van der Waals surface area contributed by atoms with Crippen LogP contribution in [-0.4, -0.2) is 83.4 Å². The summed E-state index contributed by atoms with van der Waals surface area (Å²) in [6, 6.07) is 4.87. The lowest BCUT2D eigenvalue weighted by Gasteiger charge is -2.34. The zero-order chi connectivity index (χ0) is 21.1. The zero-order valence-corrected chi connectivity index (χ0v) is 18.2. The first-order chi connectivity index (χ1) is 13.0. The molecule has 1 amide bonds. The van der Waals surface area contributed by atoms with Crippen molar-refractivity contribution in [3.63, 3.8) is 0 Å². The van der Waals surface area contributed by atoms with Crippen molar-refractivity contribution < 1.29 is 22.7 Å². The maximum atomic E-state index is 13.1. The smallest absolute Gasteiger partial charge is 0.257 e. The minimum absolute atomic E-state index is 0.121. The van der Waals surface area contributed by atoms with Crippen LogP contribution in [0.15, 0.2) is 18.2 Å². The second kappa shape index (κ2) is 9.11. The Labute approximate surface area is 167 Å². The van der Waals surface area contributed by atoms with E-state index < -0.39 is 10.0 Å². The van der Waals surface area contributed by atoms with E-state index in [1.165, 1.54) is 6.07 Å². The third-order valence-corrected chi connectivity index (χ3v) is 5.67. The van der Waals surface area contributed by atoms with Crippen LogP contribution in [0.25, 0.3) is 0 Å². The molecule has 0 fully saturated rings. The largest absolute Gasteiger partial charge is 0.491 e. The number of amides is 1. The van der Waals surface area contributed by atoms with Gasteiger partial charge >= 0.3 is 0 Å². The van der Waals surface area contributed by atoms with Gasteiger partial charge in [-0.05, 0) is 38.1 Å². The molecule has 1 aliphatic rings. The number of likely N-dealkylation sites (N-methyl/N-ethyl adjacent to an activating group) is 2. The van der Waals surface area contributed by atoms with E-state index in [0.29, 0.717) is 30.2 Å². The molecule has 1 aliphatic heterocycles. The summed E-state index contributed by atoms with van der Waals surface area (Å²) in [5, 5.41) is 0. The predicted octanol–water partition coefficient (Wildman–Crippen LogP) is 1.49. The number of anilines is 1. The number of carbonyl (C=O) groups excluding carboxylic acids is 1. The molecule has 0 saturated heterocycles. The molecule has 3 atom stereocenters. The van der Waals surface area contributed by atoms with Crippen molar-refractivity contribution in [2.24, 2.45) is 5.92 Å². The lowest BCUT2D eigenvalue weighted by Crippen LogP contribution is -2.45. The van der Waals surface area contributed by atoms with Gasteiger partial charge in [0.25, 0.3) is 5.91 Å². The van der Waals surface area contributed by atoms with Gasteiger partial charge < -0.3 is 14.4 Å². The van der Waals surface area contributed by atoms with E-state index in [1.54, 1.807) is 31.2 Å². The van der Waals surface area contributed by atoms with Crippen molar-refractivity contribution in [2.75, 3.05) is 51.9 Å². The second-order valence-corrected chi connectivity index (χ2v) is 9.37. The number of rotatable bonds is 3. The van der Waals surface area contributed by atoms with E-state index in [0.717, 1.165) is 12.8 Å². The molecule has 0 saturated carbocycles. The molecule has 9 heteroatoms. The fraction of sp³-hybridized carbons (Fsp3) is 0.632. The summed E-state index contributed by atoms with van der Waals surface area (Å²) in [6.45, 7) is 5.80. The summed E-state index contributed by atoms with van der Waals surface area (Å²) >= 11 is 0. The second-order valence-electron chi connectivity index (χ2n) is 7.62. The SMILES string of the molecule is CO[C@@H]1CN(C)C(=O)c2cc(NS(C)(=O)=O)ccc2OC[C@H](C)N(C)C[C@@H]1C. The number of hydrogen-bond acceptors (Lipinski definition) is 6. The number of benzene rings is 1. The van der Waals surface area contributed by atoms with Gasteiger partial charge in [0, 0.05) is 39.0 Å². The molecule has 0 aliphatic carbocycles. The van der Waals surface area contributed by atoms with Gasteiger partial charge in [0.05, 0.1) is 17.9 Å². The van der Waals surface area contributed by atoms with Crippen molar-refractivity contribution in [2.45, 2.75) is 26.0 Å². The number of methoxy groups -OCH3 is 1. The minimum Gasteiger partial charge on any atom is -0.491 e. The number of nitrogens with zero attached hydrogens (tertiary/aromatic N) is 2. The van der Waals surface area contributed by atoms with Crippen LogP contribution >= 0.6 is 0 Å². The van der Waals surface area contributed by atoms with Gasteiger partial charge in [-0.1, -0.05) is 6.92 Å². The van der Waals surface area contributed by atoms with Crippen LogP contribution < -0.4 is 9.46 Å². The van der Waals surface area contributed by atoms with Crippen LogP contribution in [0.2, 0.25) is 0 Å². The number of carbonyl (C=O) groups is 1. The highest BCUT2D eigenvalue weighted by atomic mass is 32.2. The van der Waals surface area contributed by atoms with Crippen LogP contribution in [0, 0.1) is 5.92 Å². The molecule has 0 bridgehead atoms. The summed E-state index contributed by atoms with van der Waals surface area (Å²) in [5.41, 5.74) is 0.634. The molecule has 1 heterocycles. The topological polar surface area (TPSA) is 88.2 Å². The van der Waals surface area contributed by atoms with Gasteiger partial charge in [0.15, 0.2) is 0 Å².